The molecule has 25 heavy (non-hydrogen) atoms. The number of nitriles is 2. The highest BCUT2D eigenvalue weighted by atomic mass is 16.5. The van der Waals surface area contributed by atoms with Crippen LogP contribution < -0.4 is 10.5 Å². The van der Waals surface area contributed by atoms with Crippen LogP contribution >= 0.6 is 0 Å². The fourth-order valence-electron chi connectivity index (χ4n) is 2.81. The summed E-state index contributed by atoms with van der Waals surface area (Å²) in [7, 11) is 1.58. The van der Waals surface area contributed by atoms with Crippen LogP contribution in [0.4, 0.5) is 0 Å². The number of benzene rings is 2. The van der Waals surface area contributed by atoms with Crippen LogP contribution in [0.5, 0.6) is 5.75 Å². The predicted molar refractivity (Wildman–Crippen MR) is 92.6 cm³/mol. The van der Waals surface area contributed by atoms with E-state index in [9.17, 15) is 10.5 Å². The van der Waals surface area contributed by atoms with Crippen molar-refractivity contribution in [1.29, 1.82) is 10.5 Å². The average Bonchev–Trinajstić information content (AvgIpc) is 2.68. The Morgan fingerprint density at radius 3 is 2.16 bits per heavy atom. The highest BCUT2D eigenvalue weighted by Gasteiger charge is 2.33. The first kappa shape index (κ1) is 16.2. The maximum Gasteiger partial charge on any atom is 0.205 e. The molecule has 0 aromatic heterocycles. The number of nitrogens with zero attached hydrogens (tertiary/aromatic N) is 2. The molecule has 0 spiro atoms. The summed E-state index contributed by atoms with van der Waals surface area (Å²) in [5.74, 6) is 0.503. The Morgan fingerprint density at radius 1 is 0.960 bits per heavy atom. The summed E-state index contributed by atoms with van der Waals surface area (Å²) in [4.78, 5) is 0. The number of ether oxygens (including phenoxy) is 2. The zero-order valence-corrected chi connectivity index (χ0v) is 13.6. The second-order valence-corrected chi connectivity index (χ2v) is 5.42. The molecule has 1 heterocycles. The summed E-state index contributed by atoms with van der Waals surface area (Å²) in [6, 6.07) is 20.7. The minimum absolute atomic E-state index is 0.0150. The van der Waals surface area contributed by atoms with Crippen molar-refractivity contribution >= 4 is 5.76 Å². The van der Waals surface area contributed by atoms with E-state index in [-0.39, 0.29) is 11.5 Å². The first-order valence-corrected chi connectivity index (χ1v) is 7.60. The quantitative estimate of drug-likeness (QED) is 0.931. The van der Waals surface area contributed by atoms with Crippen LogP contribution in [0.1, 0.15) is 17.0 Å². The second-order valence-electron chi connectivity index (χ2n) is 5.42. The first-order valence-electron chi connectivity index (χ1n) is 7.60. The van der Waals surface area contributed by atoms with Crippen molar-refractivity contribution in [2.45, 2.75) is 5.92 Å². The van der Waals surface area contributed by atoms with Gasteiger partial charge in [0.05, 0.1) is 24.7 Å². The lowest BCUT2D eigenvalue weighted by Crippen LogP contribution is -2.20. The molecule has 0 radical (unpaired) electrons. The molecule has 1 atom stereocenters. The van der Waals surface area contributed by atoms with Crippen molar-refractivity contribution in [2.24, 2.45) is 5.73 Å². The van der Waals surface area contributed by atoms with Crippen molar-refractivity contribution in [3.8, 4) is 17.9 Å². The normalized spacial score (nSPS) is 16.7. The lowest BCUT2D eigenvalue weighted by atomic mass is 9.82. The van der Waals surface area contributed by atoms with Gasteiger partial charge in [-0.1, -0.05) is 42.5 Å². The average molecular weight is 329 g/mol. The second kappa shape index (κ2) is 6.82. The number of rotatable bonds is 3. The largest absolute Gasteiger partial charge is 0.497 e. The van der Waals surface area contributed by atoms with Crippen molar-refractivity contribution in [3.05, 3.63) is 82.8 Å². The van der Waals surface area contributed by atoms with Gasteiger partial charge in [-0.15, -0.1) is 0 Å². The zero-order chi connectivity index (χ0) is 17.8. The number of methoxy groups -OCH3 is 1. The maximum absolute atomic E-state index is 9.77. The Bertz CT molecular complexity index is 930. The van der Waals surface area contributed by atoms with E-state index in [1.54, 1.807) is 19.2 Å². The summed E-state index contributed by atoms with van der Waals surface area (Å²) in [5.41, 5.74) is 8.06. The van der Waals surface area contributed by atoms with E-state index >= 15 is 0 Å². The number of nitrogens with two attached hydrogens (primary N) is 1. The van der Waals surface area contributed by atoms with Gasteiger partial charge in [-0.3, -0.25) is 0 Å². The van der Waals surface area contributed by atoms with Gasteiger partial charge in [0.2, 0.25) is 5.88 Å². The molecule has 1 aliphatic rings. The molecule has 2 aromatic carbocycles. The lowest BCUT2D eigenvalue weighted by molar-refractivity contribution is 0.357. The molecule has 0 bridgehead atoms. The molecule has 3 rings (SSSR count). The zero-order valence-electron chi connectivity index (χ0n) is 13.6. The number of allylic oxidation sites excluding steroid dienone is 2. The molecule has 0 aliphatic carbocycles. The number of hydrogen-bond donors (Lipinski definition) is 1. The Balaban J connectivity index is 2.19. The molecule has 0 amide bonds. The van der Waals surface area contributed by atoms with Crippen molar-refractivity contribution in [3.63, 3.8) is 0 Å². The van der Waals surface area contributed by atoms with E-state index in [4.69, 9.17) is 15.2 Å². The smallest absolute Gasteiger partial charge is 0.205 e. The summed E-state index contributed by atoms with van der Waals surface area (Å²) in [6.45, 7) is 0. The Morgan fingerprint density at radius 2 is 1.60 bits per heavy atom. The van der Waals surface area contributed by atoms with Gasteiger partial charge in [0.25, 0.3) is 0 Å². The maximum atomic E-state index is 9.77. The summed E-state index contributed by atoms with van der Waals surface area (Å²) < 4.78 is 10.8. The predicted octanol–water partition coefficient (Wildman–Crippen LogP) is 3.44. The van der Waals surface area contributed by atoms with Crippen molar-refractivity contribution in [1.82, 2.24) is 0 Å². The third-order valence-electron chi connectivity index (χ3n) is 4.03. The van der Waals surface area contributed by atoms with E-state index in [0.29, 0.717) is 17.1 Å². The van der Waals surface area contributed by atoms with Crippen molar-refractivity contribution < 1.29 is 9.47 Å². The topological polar surface area (TPSA) is 92.1 Å². The van der Waals surface area contributed by atoms with Crippen LogP contribution in [0, 0.1) is 22.7 Å². The molecule has 5 heteroatoms. The molecule has 0 saturated carbocycles. The summed E-state index contributed by atoms with van der Waals surface area (Å²) in [6.07, 6.45) is 0. The van der Waals surface area contributed by atoms with Crippen molar-refractivity contribution in [2.75, 3.05) is 7.11 Å². The van der Waals surface area contributed by atoms with Crippen LogP contribution in [-0.2, 0) is 4.74 Å². The third-order valence-corrected chi connectivity index (χ3v) is 4.03. The molecule has 2 N–H and O–H groups in total. The van der Waals surface area contributed by atoms with Crippen LogP contribution in [0.3, 0.4) is 0 Å². The SMILES string of the molecule is COc1ccc(C2C(C#N)=C(N)OC(c3ccccc3)=C2C#N)cc1. The highest BCUT2D eigenvalue weighted by molar-refractivity contribution is 5.73. The monoisotopic (exact) mass is 329 g/mol. The summed E-state index contributed by atoms with van der Waals surface area (Å²) in [5, 5.41) is 19.3. The molecular weight excluding hydrogens is 314 g/mol. The standard InChI is InChI=1S/C20H15N3O2/c1-24-15-9-7-13(8-10-15)18-16(11-21)19(14-5-3-2-4-6-14)25-20(23)17(18)12-22/h2-10,18H,23H2,1H3. The van der Waals surface area contributed by atoms with E-state index in [1.165, 1.54) is 0 Å². The van der Waals surface area contributed by atoms with Crippen LogP contribution in [0.25, 0.3) is 5.76 Å². The molecule has 1 aliphatic heterocycles. The summed E-state index contributed by atoms with van der Waals surface area (Å²) >= 11 is 0. The minimum atomic E-state index is -0.579. The van der Waals surface area contributed by atoms with Gasteiger partial charge >= 0.3 is 0 Å². The van der Waals surface area contributed by atoms with Gasteiger partial charge in [-0.05, 0) is 17.7 Å². The van der Waals surface area contributed by atoms with Gasteiger partial charge in [0, 0.05) is 5.56 Å². The van der Waals surface area contributed by atoms with Crippen LogP contribution in [0.2, 0.25) is 0 Å². The van der Waals surface area contributed by atoms with Gasteiger partial charge in [-0.25, -0.2) is 0 Å². The molecule has 5 nitrogen and oxygen atoms in total. The van der Waals surface area contributed by atoms with Gasteiger partial charge in [-0.2, -0.15) is 10.5 Å². The lowest BCUT2D eigenvalue weighted by Gasteiger charge is -2.26. The van der Waals surface area contributed by atoms with Gasteiger partial charge in [0.15, 0.2) is 5.76 Å². The third kappa shape index (κ3) is 2.91. The molecule has 0 saturated heterocycles. The highest BCUT2D eigenvalue weighted by Crippen LogP contribution is 2.42. The van der Waals surface area contributed by atoms with Gasteiger partial charge in [0.1, 0.15) is 17.4 Å². The molecule has 1 unspecified atom stereocenters. The molecule has 122 valence electrons. The van der Waals surface area contributed by atoms with E-state index < -0.39 is 5.92 Å². The number of hydrogen-bond acceptors (Lipinski definition) is 5. The van der Waals surface area contributed by atoms with Gasteiger partial charge < -0.3 is 15.2 Å². The Labute approximate surface area is 145 Å². The van der Waals surface area contributed by atoms with Crippen LogP contribution in [0.15, 0.2) is 71.6 Å². The first-order chi connectivity index (χ1) is 12.2. The molecule has 2 aromatic rings. The Hall–Kier alpha value is -3.70. The van der Waals surface area contributed by atoms with E-state index in [0.717, 1.165) is 11.1 Å². The van der Waals surface area contributed by atoms with Crippen LogP contribution in [-0.4, -0.2) is 7.11 Å². The fraction of sp³-hybridized carbons (Fsp3) is 0.100. The molecular formula is C20H15N3O2. The molecule has 0 fully saturated rings. The van der Waals surface area contributed by atoms with E-state index in [2.05, 4.69) is 12.1 Å². The van der Waals surface area contributed by atoms with E-state index in [1.807, 2.05) is 42.5 Å². The Kier molecular flexibility index (Phi) is 4.41. The fourth-order valence-corrected chi connectivity index (χ4v) is 2.81. The minimum Gasteiger partial charge on any atom is -0.497 e.